The zero-order valence-corrected chi connectivity index (χ0v) is 15.0. The molecule has 1 heterocycles. The molecule has 0 unspecified atom stereocenters. The predicted octanol–water partition coefficient (Wildman–Crippen LogP) is 2.33. The first-order valence-corrected chi connectivity index (χ1v) is 9.08. The zero-order chi connectivity index (χ0) is 18.6. The molecule has 0 atom stereocenters. The third-order valence-corrected chi connectivity index (χ3v) is 4.89. The Morgan fingerprint density at radius 1 is 1.23 bits per heavy atom. The molecular formula is C19H25NO6. The van der Waals surface area contributed by atoms with Crippen LogP contribution in [0.3, 0.4) is 0 Å². The van der Waals surface area contributed by atoms with Crippen LogP contribution in [-0.4, -0.2) is 60.4 Å². The molecule has 1 aromatic rings. The lowest BCUT2D eigenvalue weighted by molar-refractivity contribution is -0.139. The maximum atomic E-state index is 13.0. The van der Waals surface area contributed by atoms with Crippen molar-refractivity contribution in [2.24, 2.45) is 0 Å². The largest absolute Gasteiger partial charge is 0.490 e. The molecule has 1 aliphatic carbocycles. The fraction of sp³-hybridized carbons (Fsp3) is 0.579. The van der Waals surface area contributed by atoms with Gasteiger partial charge >= 0.3 is 5.97 Å². The Morgan fingerprint density at radius 3 is 2.69 bits per heavy atom. The predicted molar refractivity (Wildman–Crippen MR) is 93.8 cm³/mol. The Kier molecular flexibility index (Phi) is 5.66. The maximum Gasteiger partial charge on any atom is 0.341 e. The lowest BCUT2D eigenvalue weighted by Gasteiger charge is -2.40. The molecule has 142 valence electrons. The van der Waals surface area contributed by atoms with Crippen LogP contribution in [-0.2, 0) is 9.53 Å². The highest BCUT2D eigenvalue weighted by atomic mass is 16.5. The zero-order valence-electron chi connectivity index (χ0n) is 15.0. The summed E-state index contributed by atoms with van der Waals surface area (Å²) in [5.74, 6) is -0.434. The molecule has 0 radical (unpaired) electrons. The van der Waals surface area contributed by atoms with Crippen LogP contribution >= 0.6 is 0 Å². The van der Waals surface area contributed by atoms with Crippen LogP contribution in [0.5, 0.6) is 11.5 Å². The minimum absolute atomic E-state index is 0.0645. The van der Waals surface area contributed by atoms with Crippen molar-refractivity contribution in [1.82, 2.24) is 4.90 Å². The van der Waals surface area contributed by atoms with E-state index in [1.54, 1.807) is 18.2 Å². The van der Waals surface area contributed by atoms with Gasteiger partial charge in [-0.3, -0.25) is 4.79 Å². The van der Waals surface area contributed by atoms with Gasteiger partial charge in [-0.15, -0.1) is 0 Å². The van der Waals surface area contributed by atoms with E-state index >= 15 is 0 Å². The summed E-state index contributed by atoms with van der Waals surface area (Å²) in [6, 6.07) is 4.87. The van der Waals surface area contributed by atoms with E-state index in [-0.39, 0.29) is 11.5 Å². The first kappa shape index (κ1) is 18.5. The number of carboxylic acid groups (broad SMARTS) is 1. The Balaban J connectivity index is 1.75. The maximum absolute atomic E-state index is 13.0. The van der Waals surface area contributed by atoms with Gasteiger partial charge in [0, 0.05) is 12.1 Å². The monoisotopic (exact) mass is 363 g/mol. The Bertz CT molecular complexity index is 668. The van der Waals surface area contributed by atoms with E-state index in [1.165, 1.54) is 0 Å². The van der Waals surface area contributed by atoms with Crippen molar-refractivity contribution in [3.63, 3.8) is 0 Å². The SMILES string of the molecule is CCOc1cc(C(=O)N2CCOC3(CCCC3)C2)ccc1OCC(=O)O. The molecule has 1 saturated carbocycles. The van der Waals surface area contributed by atoms with Gasteiger partial charge < -0.3 is 24.2 Å². The topological polar surface area (TPSA) is 85.3 Å². The molecule has 1 spiro atoms. The molecule has 3 rings (SSSR count). The minimum Gasteiger partial charge on any atom is -0.490 e. The standard InChI is InChI=1S/C19H25NO6/c1-2-24-16-11-14(5-6-15(16)25-12-17(21)22)18(23)20-9-10-26-19(13-20)7-3-4-8-19/h5-6,11H,2-4,7-10,12-13H2,1H3,(H,21,22). The molecule has 2 fully saturated rings. The summed E-state index contributed by atoms with van der Waals surface area (Å²) in [6.07, 6.45) is 4.30. The van der Waals surface area contributed by atoms with Gasteiger partial charge in [0.1, 0.15) is 0 Å². The van der Waals surface area contributed by atoms with E-state index < -0.39 is 12.6 Å². The molecule has 1 aromatic carbocycles. The number of aliphatic carboxylic acids is 1. The number of ether oxygens (including phenoxy) is 3. The van der Waals surface area contributed by atoms with Crippen molar-refractivity contribution in [1.29, 1.82) is 0 Å². The Labute approximate surface area is 152 Å². The summed E-state index contributed by atoms with van der Waals surface area (Å²) < 4.78 is 16.7. The third-order valence-electron chi connectivity index (χ3n) is 4.89. The van der Waals surface area contributed by atoms with Gasteiger partial charge in [-0.05, 0) is 38.0 Å². The molecular weight excluding hydrogens is 338 g/mol. The molecule has 2 aliphatic rings. The number of hydrogen-bond donors (Lipinski definition) is 1. The summed E-state index contributed by atoms with van der Waals surface area (Å²) >= 11 is 0. The lowest BCUT2D eigenvalue weighted by atomic mass is 9.99. The third kappa shape index (κ3) is 4.09. The number of carboxylic acids is 1. The highest BCUT2D eigenvalue weighted by molar-refractivity contribution is 5.95. The second-order valence-electron chi connectivity index (χ2n) is 6.74. The van der Waals surface area contributed by atoms with Gasteiger partial charge in [0.25, 0.3) is 5.91 Å². The van der Waals surface area contributed by atoms with Crippen LogP contribution in [0.4, 0.5) is 0 Å². The van der Waals surface area contributed by atoms with E-state index in [4.69, 9.17) is 19.3 Å². The summed E-state index contributed by atoms with van der Waals surface area (Å²) in [4.78, 5) is 25.5. The second kappa shape index (κ2) is 7.95. The number of rotatable bonds is 6. The normalized spacial score (nSPS) is 18.7. The van der Waals surface area contributed by atoms with Crippen molar-refractivity contribution in [2.75, 3.05) is 32.9 Å². The molecule has 1 aliphatic heterocycles. The Hall–Kier alpha value is -2.28. The van der Waals surface area contributed by atoms with Crippen molar-refractivity contribution in [3.05, 3.63) is 23.8 Å². The van der Waals surface area contributed by atoms with E-state index in [9.17, 15) is 9.59 Å². The van der Waals surface area contributed by atoms with Crippen LogP contribution in [0.25, 0.3) is 0 Å². The van der Waals surface area contributed by atoms with Crippen molar-refractivity contribution in [2.45, 2.75) is 38.2 Å². The average Bonchev–Trinajstić information content (AvgIpc) is 3.07. The highest BCUT2D eigenvalue weighted by Crippen LogP contribution is 2.36. The summed E-state index contributed by atoms with van der Waals surface area (Å²) in [6.45, 7) is 3.50. The fourth-order valence-electron chi connectivity index (χ4n) is 3.69. The van der Waals surface area contributed by atoms with E-state index in [0.717, 1.165) is 25.7 Å². The van der Waals surface area contributed by atoms with Crippen molar-refractivity contribution >= 4 is 11.9 Å². The van der Waals surface area contributed by atoms with Crippen LogP contribution in [0, 0.1) is 0 Å². The van der Waals surface area contributed by atoms with E-state index in [0.29, 0.717) is 43.4 Å². The van der Waals surface area contributed by atoms with Gasteiger partial charge in [-0.2, -0.15) is 0 Å². The molecule has 0 bridgehead atoms. The van der Waals surface area contributed by atoms with Gasteiger partial charge in [-0.1, -0.05) is 12.8 Å². The molecule has 1 N–H and O–H groups in total. The summed E-state index contributed by atoms with van der Waals surface area (Å²) in [5.41, 5.74) is 0.326. The second-order valence-corrected chi connectivity index (χ2v) is 6.74. The summed E-state index contributed by atoms with van der Waals surface area (Å²) in [5, 5.41) is 8.77. The van der Waals surface area contributed by atoms with Crippen molar-refractivity contribution < 1.29 is 28.9 Å². The quantitative estimate of drug-likeness (QED) is 0.835. The van der Waals surface area contributed by atoms with Crippen LogP contribution in [0.2, 0.25) is 0 Å². The highest BCUT2D eigenvalue weighted by Gasteiger charge is 2.40. The molecule has 1 amide bonds. The van der Waals surface area contributed by atoms with Crippen LogP contribution in [0.1, 0.15) is 43.0 Å². The number of nitrogens with zero attached hydrogens (tertiary/aromatic N) is 1. The van der Waals surface area contributed by atoms with E-state index in [1.807, 2.05) is 11.8 Å². The Morgan fingerprint density at radius 2 is 2.00 bits per heavy atom. The minimum atomic E-state index is -1.07. The first-order valence-electron chi connectivity index (χ1n) is 9.08. The number of hydrogen-bond acceptors (Lipinski definition) is 5. The smallest absolute Gasteiger partial charge is 0.341 e. The number of benzene rings is 1. The van der Waals surface area contributed by atoms with Crippen LogP contribution in [0.15, 0.2) is 18.2 Å². The molecule has 1 saturated heterocycles. The van der Waals surface area contributed by atoms with Crippen LogP contribution < -0.4 is 9.47 Å². The van der Waals surface area contributed by atoms with E-state index in [2.05, 4.69) is 0 Å². The number of carbonyl (C=O) groups excluding carboxylic acids is 1. The number of amides is 1. The van der Waals surface area contributed by atoms with Crippen molar-refractivity contribution in [3.8, 4) is 11.5 Å². The average molecular weight is 363 g/mol. The molecule has 0 aromatic heterocycles. The van der Waals surface area contributed by atoms with Gasteiger partial charge in [0.2, 0.25) is 0 Å². The van der Waals surface area contributed by atoms with Gasteiger partial charge in [0.15, 0.2) is 18.1 Å². The molecule has 7 nitrogen and oxygen atoms in total. The van der Waals surface area contributed by atoms with Gasteiger partial charge in [0.05, 0.1) is 25.4 Å². The molecule has 7 heteroatoms. The molecule has 26 heavy (non-hydrogen) atoms. The first-order chi connectivity index (χ1) is 12.5. The number of morpholine rings is 1. The number of carbonyl (C=O) groups is 2. The fourth-order valence-corrected chi connectivity index (χ4v) is 3.69. The van der Waals surface area contributed by atoms with Gasteiger partial charge in [-0.25, -0.2) is 4.79 Å². The summed E-state index contributed by atoms with van der Waals surface area (Å²) in [7, 11) is 0. The lowest BCUT2D eigenvalue weighted by Crippen LogP contribution is -2.52.